The smallest absolute Gasteiger partial charge is 0.306 e. The minimum atomic E-state index is -3.99. The highest BCUT2D eigenvalue weighted by Gasteiger charge is 2.40. The van der Waals surface area contributed by atoms with Crippen molar-refractivity contribution in [2.24, 2.45) is 5.92 Å². The van der Waals surface area contributed by atoms with Crippen LogP contribution >= 0.6 is 0 Å². The van der Waals surface area contributed by atoms with Crippen molar-refractivity contribution in [3.8, 4) is 0 Å². The Balaban J connectivity index is 2.46. The Labute approximate surface area is 64.2 Å². The zero-order valence-electron chi connectivity index (χ0n) is 6.49. The van der Waals surface area contributed by atoms with Crippen molar-refractivity contribution in [2.75, 3.05) is 20.1 Å². The topological polar surface area (TPSA) is 3.24 Å². The van der Waals surface area contributed by atoms with Crippen LogP contribution < -0.4 is 0 Å². The normalized spacial score (nSPS) is 28.9. The van der Waals surface area contributed by atoms with Crippen molar-refractivity contribution in [1.82, 2.24) is 4.90 Å². The fourth-order valence-corrected chi connectivity index (χ4v) is 1.43. The van der Waals surface area contributed by atoms with Gasteiger partial charge in [0.2, 0.25) is 0 Å². The van der Waals surface area contributed by atoms with E-state index in [0.717, 1.165) is 6.54 Å². The summed E-state index contributed by atoms with van der Waals surface area (Å²) in [6.45, 7) is 0.968. The number of rotatable bonds is 0. The molecule has 11 heavy (non-hydrogen) atoms. The van der Waals surface area contributed by atoms with Gasteiger partial charge in [-0.15, -0.1) is 0 Å². The highest BCUT2D eigenvalue weighted by atomic mass is 19.4. The maximum absolute atomic E-state index is 12.1. The van der Waals surface area contributed by atoms with Crippen molar-refractivity contribution in [3.05, 3.63) is 0 Å². The van der Waals surface area contributed by atoms with E-state index in [1.54, 1.807) is 11.9 Å². The molecule has 0 aromatic rings. The van der Waals surface area contributed by atoms with Gasteiger partial charge in [-0.25, -0.2) is 0 Å². The first-order valence-corrected chi connectivity index (χ1v) is 3.75. The molecule has 0 saturated carbocycles. The summed E-state index contributed by atoms with van der Waals surface area (Å²) in [7, 11) is 1.73. The van der Waals surface area contributed by atoms with Crippen molar-refractivity contribution in [2.45, 2.75) is 19.0 Å². The van der Waals surface area contributed by atoms with Gasteiger partial charge in [0.15, 0.2) is 0 Å². The van der Waals surface area contributed by atoms with E-state index in [1.807, 2.05) is 0 Å². The van der Waals surface area contributed by atoms with Crippen molar-refractivity contribution < 1.29 is 13.2 Å². The van der Waals surface area contributed by atoms with Crippen LogP contribution in [0.3, 0.4) is 0 Å². The zero-order valence-corrected chi connectivity index (χ0v) is 6.49. The molecule has 1 nitrogen and oxygen atoms in total. The molecule has 1 heterocycles. The third-order valence-corrected chi connectivity index (χ3v) is 2.09. The molecule has 0 aliphatic carbocycles. The molecule has 0 unspecified atom stereocenters. The monoisotopic (exact) mass is 167 g/mol. The Morgan fingerprint density at radius 2 is 2.00 bits per heavy atom. The predicted molar refractivity (Wildman–Crippen MR) is 36.3 cm³/mol. The van der Waals surface area contributed by atoms with Crippen LogP contribution in [0.15, 0.2) is 0 Å². The fraction of sp³-hybridized carbons (Fsp3) is 1.00. The molecule has 0 spiro atoms. The molecule has 0 radical (unpaired) electrons. The molecule has 4 heteroatoms. The Hall–Kier alpha value is -0.250. The van der Waals surface area contributed by atoms with Crippen molar-refractivity contribution in [3.63, 3.8) is 0 Å². The molecule has 1 fully saturated rings. The zero-order chi connectivity index (χ0) is 8.48. The predicted octanol–water partition coefficient (Wildman–Crippen LogP) is 1.89. The second-order valence-corrected chi connectivity index (χ2v) is 3.14. The quantitative estimate of drug-likeness (QED) is 0.532. The molecule has 0 bridgehead atoms. The van der Waals surface area contributed by atoms with Crippen molar-refractivity contribution >= 4 is 0 Å². The third-order valence-electron chi connectivity index (χ3n) is 2.09. The maximum Gasteiger partial charge on any atom is 0.393 e. The second-order valence-electron chi connectivity index (χ2n) is 3.14. The van der Waals surface area contributed by atoms with Gasteiger partial charge < -0.3 is 4.90 Å². The van der Waals surface area contributed by atoms with Gasteiger partial charge >= 0.3 is 6.18 Å². The minimum absolute atomic E-state index is 0.170. The molecule has 1 atom stereocenters. The average molecular weight is 167 g/mol. The first kappa shape index (κ1) is 8.84. The molecular weight excluding hydrogens is 155 g/mol. The molecule has 1 aliphatic rings. The second kappa shape index (κ2) is 3.01. The number of alkyl halides is 3. The summed E-state index contributed by atoms with van der Waals surface area (Å²) < 4.78 is 36.3. The lowest BCUT2D eigenvalue weighted by atomic mass is 9.98. The number of halogens is 3. The van der Waals surface area contributed by atoms with Crippen LogP contribution in [-0.4, -0.2) is 31.2 Å². The fourth-order valence-electron chi connectivity index (χ4n) is 1.43. The lowest BCUT2D eigenvalue weighted by Crippen LogP contribution is -2.39. The van der Waals surface area contributed by atoms with E-state index in [2.05, 4.69) is 0 Å². The Morgan fingerprint density at radius 3 is 2.36 bits per heavy atom. The lowest BCUT2D eigenvalue weighted by Gasteiger charge is -2.30. The Kier molecular flexibility index (Phi) is 2.42. The van der Waals surface area contributed by atoms with E-state index < -0.39 is 12.1 Å². The van der Waals surface area contributed by atoms with Gasteiger partial charge in [-0.05, 0) is 26.4 Å². The molecule has 0 N–H and O–H groups in total. The number of piperidine rings is 1. The number of hydrogen-bond acceptors (Lipinski definition) is 1. The van der Waals surface area contributed by atoms with Gasteiger partial charge in [0.05, 0.1) is 5.92 Å². The van der Waals surface area contributed by atoms with Crippen LogP contribution in [0.1, 0.15) is 12.8 Å². The van der Waals surface area contributed by atoms with Gasteiger partial charge in [0, 0.05) is 6.54 Å². The van der Waals surface area contributed by atoms with Crippen LogP contribution in [-0.2, 0) is 0 Å². The molecule has 1 rings (SSSR count). The molecule has 1 saturated heterocycles. The highest BCUT2D eigenvalue weighted by molar-refractivity contribution is 4.75. The SMILES string of the molecule is CN1CCC[C@@H](C(F)(F)F)C1. The Bertz CT molecular complexity index is 132. The Morgan fingerprint density at radius 1 is 1.36 bits per heavy atom. The summed E-state index contributed by atoms with van der Waals surface area (Å²) in [4.78, 5) is 1.74. The standard InChI is InChI=1S/C7H12F3N/c1-11-4-2-3-6(5-11)7(8,9)10/h6H,2-5H2,1H3/t6-/m1/s1. The number of nitrogens with zero attached hydrogens (tertiary/aromatic N) is 1. The molecule has 1 aliphatic heterocycles. The van der Waals surface area contributed by atoms with Crippen LogP contribution in [0, 0.1) is 5.92 Å². The van der Waals surface area contributed by atoms with Crippen molar-refractivity contribution in [1.29, 1.82) is 0 Å². The summed E-state index contributed by atoms with van der Waals surface area (Å²) >= 11 is 0. The van der Waals surface area contributed by atoms with Crippen LogP contribution in [0.5, 0.6) is 0 Å². The maximum atomic E-state index is 12.1. The van der Waals surface area contributed by atoms with Gasteiger partial charge in [0.25, 0.3) is 0 Å². The summed E-state index contributed by atoms with van der Waals surface area (Å²) in [5, 5.41) is 0. The molecule has 0 aromatic heterocycles. The van der Waals surface area contributed by atoms with Gasteiger partial charge in [-0.1, -0.05) is 0 Å². The number of likely N-dealkylation sites (tertiary alicyclic amines) is 1. The van der Waals surface area contributed by atoms with Gasteiger partial charge in [-0.2, -0.15) is 13.2 Å². The minimum Gasteiger partial charge on any atom is -0.306 e. The van der Waals surface area contributed by atoms with E-state index >= 15 is 0 Å². The van der Waals surface area contributed by atoms with Gasteiger partial charge in [-0.3, -0.25) is 0 Å². The highest BCUT2D eigenvalue weighted by Crippen LogP contribution is 2.32. The summed E-state index contributed by atoms with van der Waals surface area (Å²) in [6, 6.07) is 0. The number of hydrogen-bond donors (Lipinski definition) is 0. The average Bonchev–Trinajstić information content (AvgIpc) is 1.86. The summed E-state index contributed by atoms with van der Waals surface area (Å²) in [5.41, 5.74) is 0. The van der Waals surface area contributed by atoms with E-state index in [9.17, 15) is 13.2 Å². The molecule has 66 valence electrons. The van der Waals surface area contributed by atoms with E-state index in [4.69, 9.17) is 0 Å². The van der Waals surface area contributed by atoms with E-state index in [1.165, 1.54) is 0 Å². The summed E-state index contributed by atoms with van der Waals surface area (Å²) in [5.74, 6) is -1.10. The molecular formula is C7H12F3N. The third kappa shape index (κ3) is 2.36. The molecule has 0 aromatic carbocycles. The van der Waals surface area contributed by atoms with Crippen LogP contribution in [0.25, 0.3) is 0 Å². The van der Waals surface area contributed by atoms with E-state index in [-0.39, 0.29) is 6.54 Å². The van der Waals surface area contributed by atoms with E-state index in [0.29, 0.717) is 12.8 Å². The first-order valence-electron chi connectivity index (χ1n) is 3.75. The molecule has 0 amide bonds. The van der Waals surface area contributed by atoms with Crippen LogP contribution in [0.2, 0.25) is 0 Å². The first-order chi connectivity index (χ1) is 5.00. The summed E-state index contributed by atoms with van der Waals surface area (Å²) in [6.07, 6.45) is -3.02. The van der Waals surface area contributed by atoms with Gasteiger partial charge in [0.1, 0.15) is 0 Å². The van der Waals surface area contributed by atoms with Crippen LogP contribution in [0.4, 0.5) is 13.2 Å². The lowest BCUT2D eigenvalue weighted by molar-refractivity contribution is -0.185. The largest absolute Gasteiger partial charge is 0.393 e.